The Hall–Kier alpha value is -2.10. The van der Waals surface area contributed by atoms with Gasteiger partial charge in [0.25, 0.3) is 5.91 Å². The van der Waals surface area contributed by atoms with E-state index in [9.17, 15) is 4.79 Å². The third-order valence-corrected chi connectivity index (χ3v) is 4.45. The number of para-hydroxylation sites is 1. The summed E-state index contributed by atoms with van der Waals surface area (Å²) >= 11 is 0. The maximum absolute atomic E-state index is 12.9. The second-order valence-corrected chi connectivity index (χ2v) is 6.07. The van der Waals surface area contributed by atoms with Crippen LogP contribution in [0.15, 0.2) is 24.3 Å². The van der Waals surface area contributed by atoms with Gasteiger partial charge in [-0.2, -0.15) is 5.26 Å². The van der Waals surface area contributed by atoms with E-state index in [4.69, 9.17) is 19.5 Å². The fourth-order valence-corrected chi connectivity index (χ4v) is 3.25. The minimum absolute atomic E-state index is 0.0639. The van der Waals surface area contributed by atoms with E-state index in [2.05, 4.69) is 6.07 Å². The number of hydrogen-bond acceptors (Lipinski definition) is 5. The van der Waals surface area contributed by atoms with Crippen LogP contribution in [-0.2, 0) is 14.3 Å². The molecule has 0 bridgehead atoms. The van der Waals surface area contributed by atoms with Gasteiger partial charge >= 0.3 is 0 Å². The quantitative estimate of drug-likeness (QED) is 0.845. The minimum atomic E-state index is -0.665. The first-order valence-electron chi connectivity index (χ1n) is 8.40. The fourth-order valence-electron chi connectivity index (χ4n) is 3.25. The van der Waals surface area contributed by atoms with E-state index in [1.54, 1.807) is 31.2 Å². The molecule has 2 fully saturated rings. The van der Waals surface area contributed by atoms with Gasteiger partial charge in [-0.3, -0.25) is 4.79 Å². The molecule has 2 aliphatic rings. The fraction of sp³-hybridized carbons (Fsp3) is 0.556. The molecule has 2 aliphatic heterocycles. The van der Waals surface area contributed by atoms with Crippen LogP contribution in [0.3, 0.4) is 0 Å². The third kappa shape index (κ3) is 3.53. The van der Waals surface area contributed by atoms with Crippen LogP contribution in [0.4, 0.5) is 0 Å². The number of ether oxygens (including phenoxy) is 3. The largest absolute Gasteiger partial charge is 0.480 e. The zero-order valence-corrected chi connectivity index (χ0v) is 13.8. The van der Waals surface area contributed by atoms with Crippen LogP contribution >= 0.6 is 0 Å². The van der Waals surface area contributed by atoms with E-state index in [0.717, 1.165) is 19.3 Å². The van der Waals surface area contributed by atoms with Crippen molar-refractivity contribution in [3.63, 3.8) is 0 Å². The summed E-state index contributed by atoms with van der Waals surface area (Å²) in [6.45, 7) is 3.55. The summed E-state index contributed by atoms with van der Waals surface area (Å²) in [6.07, 6.45) is 1.90. The number of carbonyl (C=O) groups excluding carboxylic acids is 1. The molecule has 2 saturated heterocycles. The Kier molecular flexibility index (Phi) is 5.34. The lowest BCUT2D eigenvalue weighted by Crippen LogP contribution is -2.53. The molecule has 128 valence electrons. The smallest absolute Gasteiger partial charge is 0.263 e. The molecule has 1 aromatic carbocycles. The highest BCUT2D eigenvalue weighted by Crippen LogP contribution is 2.26. The van der Waals surface area contributed by atoms with Gasteiger partial charge in [-0.1, -0.05) is 12.1 Å². The molecule has 2 atom stereocenters. The Morgan fingerprint density at radius 3 is 2.83 bits per heavy atom. The molecule has 24 heavy (non-hydrogen) atoms. The van der Waals surface area contributed by atoms with Gasteiger partial charge in [0.2, 0.25) is 0 Å². The van der Waals surface area contributed by atoms with Gasteiger partial charge in [-0.15, -0.1) is 0 Å². The van der Waals surface area contributed by atoms with Crippen molar-refractivity contribution < 1.29 is 19.0 Å². The van der Waals surface area contributed by atoms with Crippen molar-refractivity contribution in [3.8, 4) is 11.8 Å². The van der Waals surface area contributed by atoms with Crippen LogP contribution in [0.2, 0.25) is 0 Å². The van der Waals surface area contributed by atoms with Gasteiger partial charge in [0.1, 0.15) is 11.8 Å². The van der Waals surface area contributed by atoms with E-state index in [-0.39, 0.29) is 18.2 Å². The Labute approximate surface area is 141 Å². The van der Waals surface area contributed by atoms with E-state index < -0.39 is 6.10 Å². The number of hydrogen-bond donors (Lipinski definition) is 0. The van der Waals surface area contributed by atoms with E-state index in [1.807, 2.05) is 4.90 Å². The second-order valence-electron chi connectivity index (χ2n) is 6.07. The van der Waals surface area contributed by atoms with Crippen molar-refractivity contribution in [1.82, 2.24) is 4.90 Å². The summed E-state index contributed by atoms with van der Waals surface area (Å²) in [7, 11) is 0. The lowest BCUT2D eigenvalue weighted by molar-refractivity contribution is -0.156. The average Bonchev–Trinajstić information content (AvgIpc) is 3.16. The van der Waals surface area contributed by atoms with Crippen molar-refractivity contribution in [2.75, 3.05) is 19.8 Å². The van der Waals surface area contributed by atoms with E-state index in [0.29, 0.717) is 31.1 Å². The highest BCUT2D eigenvalue weighted by atomic mass is 16.7. The average molecular weight is 330 g/mol. The van der Waals surface area contributed by atoms with Gasteiger partial charge < -0.3 is 19.1 Å². The number of nitriles is 1. The molecule has 3 rings (SSSR count). The number of piperidine rings is 1. The molecule has 0 aromatic heterocycles. The summed E-state index contributed by atoms with van der Waals surface area (Å²) in [4.78, 5) is 14.7. The van der Waals surface area contributed by atoms with Gasteiger partial charge in [0.15, 0.2) is 12.4 Å². The Morgan fingerprint density at radius 1 is 1.33 bits per heavy atom. The zero-order chi connectivity index (χ0) is 16.9. The zero-order valence-electron chi connectivity index (χ0n) is 13.8. The number of likely N-dealkylation sites (tertiary alicyclic amines) is 1. The van der Waals surface area contributed by atoms with Crippen molar-refractivity contribution in [2.24, 2.45) is 0 Å². The van der Waals surface area contributed by atoms with Crippen LogP contribution in [0.25, 0.3) is 0 Å². The van der Waals surface area contributed by atoms with Crippen LogP contribution in [0.1, 0.15) is 31.7 Å². The molecule has 0 saturated carbocycles. The molecule has 1 aromatic rings. The molecule has 1 amide bonds. The number of carbonyl (C=O) groups is 1. The van der Waals surface area contributed by atoms with Crippen LogP contribution in [0.5, 0.6) is 5.75 Å². The molecule has 6 nitrogen and oxygen atoms in total. The summed E-state index contributed by atoms with van der Waals surface area (Å²) in [5.41, 5.74) is 0.426. The van der Waals surface area contributed by atoms with Crippen molar-refractivity contribution in [1.29, 1.82) is 5.26 Å². The predicted molar refractivity (Wildman–Crippen MR) is 86.3 cm³/mol. The lowest BCUT2D eigenvalue weighted by Gasteiger charge is -2.39. The molecule has 0 N–H and O–H groups in total. The Bertz CT molecular complexity index is 622. The third-order valence-electron chi connectivity index (χ3n) is 4.45. The number of nitrogens with zero attached hydrogens (tertiary/aromatic N) is 2. The highest BCUT2D eigenvalue weighted by molar-refractivity contribution is 5.81. The summed E-state index contributed by atoms with van der Waals surface area (Å²) in [5.74, 6) is 0.342. The van der Waals surface area contributed by atoms with Gasteiger partial charge in [0.05, 0.1) is 24.8 Å². The first-order valence-corrected chi connectivity index (χ1v) is 8.40. The SMILES string of the molecule is C[C@H](Oc1ccccc1C#N)C(=O)N1CCCC[C@@H]1C1OCCO1. The van der Waals surface area contributed by atoms with Gasteiger partial charge in [-0.05, 0) is 38.3 Å². The maximum Gasteiger partial charge on any atom is 0.263 e. The van der Waals surface area contributed by atoms with Crippen LogP contribution in [0, 0.1) is 11.3 Å². The number of benzene rings is 1. The molecule has 0 aliphatic carbocycles. The summed E-state index contributed by atoms with van der Waals surface area (Å²) < 4.78 is 17.0. The predicted octanol–water partition coefficient (Wildman–Crippen LogP) is 2.08. The summed E-state index contributed by atoms with van der Waals surface area (Å²) in [6, 6.07) is 8.96. The molecular weight excluding hydrogens is 308 g/mol. The Morgan fingerprint density at radius 2 is 2.08 bits per heavy atom. The first-order chi connectivity index (χ1) is 11.7. The molecule has 6 heteroatoms. The monoisotopic (exact) mass is 330 g/mol. The molecule has 0 radical (unpaired) electrons. The first kappa shape index (κ1) is 16.7. The summed E-state index contributed by atoms with van der Waals surface area (Å²) in [5, 5.41) is 9.15. The molecule has 0 spiro atoms. The normalized spacial score (nSPS) is 22.8. The Balaban J connectivity index is 1.70. The van der Waals surface area contributed by atoms with Crippen molar-refractivity contribution in [2.45, 2.75) is 44.6 Å². The standard InChI is InChI=1S/C18H22N2O4/c1-13(24-16-8-3-2-6-14(16)12-19)17(21)20-9-5-4-7-15(20)18-22-10-11-23-18/h2-3,6,8,13,15,18H,4-5,7,9-11H2,1H3/t13-,15+/m0/s1. The highest BCUT2D eigenvalue weighted by Gasteiger charge is 2.38. The topological polar surface area (TPSA) is 71.8 Å². The maximum atomic E-state index is 12.9. The van der Waals surface area contributed by atoms with Crippen LogP contribution in [-0.4, -0.2) is 49.0 Å². The molecule has 0 unspecified atom stereocenters. The van der Waals surface area contributed by atoms with Gasteiger partial charge in [-0.25, -0.2) is 0 Å². The van der Waals surface area contributed by atoms with Gasteiger partial charge in [0, 0.05) is 6.54 Å². The number of amides is 1. The molecular formula is C18H22N2O4. The van der Waals surface area contributed by atoms with Crippen LogP contribution < -0.4 is 4.74 Å². The lowest BCUT2D eigenvalue weighted by atomic mass is 10.0. The minimum Gasteiger partial charge on any atom is -0.480 e. The molecule has 2 heterocycles. The van der Waals surface area contributed by atoms with E-state index >= 15 is 0 Å². The van der Waals surface area contributed by atoms with Crippen molar-refractivity contribution >= 4 is 5.91 Å². The van der Waals surface area contributed by atoms with E-state index in [1.165, 1.54) is 0 Å². The number of rotatable bonds is 4. The van der Waals surface area contributed by atoms with Crippen molar-refractivity contribution in [3.05, 3.63) is 29.8 Å². The second kappa shape index (κ2) is 7.65.